The summed E-state index contributed by atoms with van der Waals surface area (Å²) in [4.78, 5) is 4.72. The first-order chi connectivity index (χ1) is 16.1. The number of benzene rings is 1. The van der Waals surface area contributed by atoms with Gasteiger partial charge in [0.15, 0.2) is 11.8 Å². The average Bonchev–Trinajstić information content (AvgIpc) is 3.11. The van der Waals surface area contributed by atoms with Crippen molar-refractivity contribution in [3.05, 3.63) is 58.9 Å². The van der Waals surface area contributed by atoms with Gasteiger partial charge in [-0.3, -0.25) is 0 Å². The maximum atomic E-state index is 8.62. The van der Waals surface area contributed by atoms with E-state index >= 15 is 0 Å². The lowest BCUT2D eigenvalue weighted by Crippen LogP contribution is -2.32. The summed E-state index contributed by atoms with van der Waals surface area (Å²) in [6, 6.07) is 9.95. The SMILES string of the molecule is [2H]C([2H])([2H])C([2H])(C)C([2H])([2H])c1c[n+](C)c(-c2c(C)ccc3c2oc2nc(C(C)C)ccc23)cc1C. The predicted octanol–water partition coefficient (Wildman–Crippen LogP) is 6.41. The molecule has 0 N–H and O–H groups in total. The minimum absolute atomic E-state index is 0.176. The van der Waals surface area contributed by atoms with Gasteiger partial charge in [-0.25, -0.2) is 9.55 Å². The number of rotatable bonds is 4. The van der Waals surface area contributed by atoms with Crippen LogP contribution in [-0.4, -0.2) is 4.98 Å². The van der Waals surface area contributed by atoms with E-state index < -0.39 is 19.1 Å². The molecule has 3 aromatic heterocycles. The molecule has 0 saturated heterocycles. The van der Waals surface area contributed by atoms with E-state index in [0.29, 0.717) is 16.9 Å². The van der Waals surface area contributed by atoms with Crippen LogP contribution in [0.25, 0.3) is 33.3 Å². The van der Waals surface area contributed by atoms with E-state index in [4.69, 9.17) is 17.6 Å². The third-order valence-electron chi connectivity index (χ3n) is 5.39. The van der Waals surface area contributed by atoms with Crippen LogP contribution in [0.1, 0.15) is 64.1 Å². The van der Waals surface area contributed by atoms with Crippen LogP contribution < -0.4 is 4.57 Å². The highest BCUT2D eigenvalue weighted by atomic mass is 16.3. The van der Waals surface area contributed by atoms with Crippen LogP contribution >= 0.6 is 0 Å². The van der Waals surface area contributed by atoms with Crippen LogP contribution in [0.3, 0.4) is 0 Å². The van der Waals surface area contributed by atoms with Gasteiger partial charge < -0.3 is 4.42 Å². The Morgan fingerprint density at radius 2 is 1.90 bits per heavy atom. The lowest BCUT2D eigenvalue weighted by atomic mass is 9.96. The second kappa shape index (κ2) is 7.29. The second-order valence-electron chi connectivity index (χ2n) is 8.10. The molecule has 150 valence electrons. The van der Waals surface area contributed by atoms with Crippen molar-refractivity contribution < 1.29 is 17.2 Å². The summed E-state index contributed by atoms with van der Waals surface area (Å²) in [5, 5.41) is 1.88. The van der Waals surface area contributed by atoms with Gasteiger partial charge in [-0.05, 0) is 55.3 Å². The van der Waals surface area contributed by atoms with E-state index in [-0.39, 0.29) is 11.5 Å². The molecule has 3 heterocycles. The number of hydrogen-bond acceptors (Lipinski definition) is 2. The quantitative estimate of drug-likeness (QED) is 0.375. The molecule has 0 fully saturated rings. The molecule has 0 bridgehead atoms. The lowest BCUT2D eigenvalue weighted by molar-refractivity contribution is -0.660. The maximum absolute atomic E-state index is 8.62. The van der Waals surface area contributed by atoms with Gasteiger partial charge in [0, 0.05) is 36.3 Å². The monoisotopic (exact) mass is 393 g/mol. The molecule has 0 aliphatic carbocycles. The van der Waals surface area contributed by atoms with Crippen LogP contribution in [-0.2, 0) is 13.4 Å². The zero-order valence-electron chi connectivity index (χ0n) is 23.8. The van der Waals surface area contributed by atoms with E-state index in [1.54, 1.807) is 24.7 Å². The minimum atomic E-state index is -2.79. The molecule has 4 aromatic rings. The summed E-state index contributed by atoms with van der Waals surface area (Å²) in [7, 11) is 1.79. The van der Waals surface area contributed by atoms with E-state index in [9.17, 15) is 0 Å². The number of hydrogen-bond donors (Lipinski definition) is 0. The molecule has 29 heavy (non-hydrogen) atoms. The zero-order valence-corrected chi connectivity index (χ0v) is 17.8. The van der Waals surface area contributed by atoms with Crippen molar-refractivity contribution in [2.24, 2.45) is 12.9 Å². The maximum Gasteiger partial charge on any atom is 0.227 e. The predicted molar refractivity (Wildman–Crippen MR) is 120 cm³/mol. The Hall–Kier alpha value is -2.68. The van der Waals surface area contributed by atoms with Crippen molar-refractivity contribution in [3.8, 4) is 11.3 Å². The smallest absolute Gasteiger partial charge is 0.227 e. The van der Waals surface area contributed by atoms with Gasteiger partial charge in [-0.2, -0.15) is 0 Å². The van der Waals surface area contributed by atoms with Gasteiger partial charge >= 0.3 is 0 Å². The molecular weight excluding hydrogens is 356 g/mol. The average molecular weight is 394 g/mol. The Balaban J connectivity index is 1.95. The molecular formula is C26H31N2O+. The van der Waals surface area contributed by atoms with Gasteiger partial charge in [0.2, 0.25) is 11.4 Å². The summed E-state index contributed by atoms with van der Waals surface area (Å²) in [6.45, 7) is 6.25. The van der Waals surface area contributed by atoms with Crippen molar-refractivity contribution in [2.75, 3.05) is 0 Å². The van der Waals surface area contributed by atoms with Crippen LogP contribution in [0, 0.1) is 19.7 Å². The first-order valence-corrected chi connectivity index (χ1v) is 9.92. The fourth-order valence-electron chi connectivity index (χ4n) is 3.80. The topological polar surface area (TPSA) is 29.9 Å². The van der Waals surface area contributed by atoms with Crippen molar-refractivity contribution in [2.45, 2.75) is 53.8 Å². The van der Waals surface area contributed by atoms with Crippen LogP contribution in [0.4, 0.5) is 0 Å². The molecule has 0 spiro atoms. The Bertz CT molecular complexity index is 1450. The number of pyridine rings is 2. The molecule has 0 aliphatic rings. The second-order valence-corrected chi connectivity index (χ2v) is 8.10. The van der Waals surface area contributed by atoms with Crippen LogP contribution in [0.15, 0.2) is 40.9 Å². The molecule has 3 heteroatoms. The summed E-state index contributed by atoms with van der Waals surface area (Å²) in [6.07, 6.45) is -0.810. The number of aryl methyl sites for hydroxylation is 3. The van der Waals surface area contributed by atoms with Crippen molar-refractivity contribution in [3.63, 3.8) is 0 Å². The molecule has 3 nitrogen and oxygen atoms in total. The molecule has 0 amide bonds. The highest BCUT2D eigenvalue weighted by molar-refractivity contribution is 6.08. The summed E-state index contributed by atoms with van der Waals surface area (Å²) in [5.74, 6) is -2.05. The lowest BCUT2D eigenvalue weighted by Gasteiger charge is -2.11. The van der Waals surface area contributed by atoms with Crippen LogP contribution in [0.2, 0.25) is 0 Å². The highest BCUT2D eigenvalue weighted by Crippen LogP contribution is 2.37. The molecule has 0 saturated carbocycles. The first-order valence-electron chi connectivity index (χ1n) is 12.9. The fourth-order valence-corrected chi connectivity index (χ4v) is 3.80. The number of furan rings is 1. The van der Waals surface area contributed by atoms with Crippen LogP contribution in [0.5, 0.6) is 0 Å². The molecule has 4 rings (SSSR count). The largest absolute Gasteiger partial charge is 0.437 e. The van der Waals surface area contributed by atoms with Gasteiger partial charge in [0.1, 0.15) is 7.05 Å². The van der Waals surface area contributed by atoms with Crippen molar-refractivity contribution in [1.82, 2.24) is 4.98 Å². The van der Waals surface area contributed by atoms with E-state index in [0.717, 1.165) is 40.2 Å². The molecule has 0 aliphatic heterocycles. The molecule has 1 atom stereocenters. The zero-order chi connectivity index (χ0) is 26.1. The molecule has 0 radical (unpaired) electrons. The third-order valence-corrected chi connectivity index (χ3v) is 5.39. The Morgan fingerprint density at radius 3 is 2.62 bits per heavy atom. The molecule has 1 unspecified atom stereocenters. The van der Waals surface area contributed by atoms with E-state index in [1.807, 2.05) is 37.3 Å². The van der Waals surface area contributed by atoms with Gasteiger partial charge in [-0.1, -0.05) is 39.8 Å². The number of fused-ring (bicyclic) bond motifs is 3. The number of nitrogens with zero attached hydrogens (tertiary/aromatic N) is 2. The Kier molecular flexibility index (Phi) is 3.40. The van der Waals surface area contributed by atoms with Gasteiger partial charge in [0.25, 0.3) is 0 Å². The van der Waals surface area contributed by atoms with E-state index in [1.165, 1.54) is 0 Å². The van der Waals surface area contributed by atoms with Gasteiger partial charge in [-0.15, -0.1) is 0 Å². The molecule has 1 aromatic carbocycles. The van der Waals surface area contributed by atoms with Crippen molar-refractivity contribution in [1.29, 1.82) is 0 Å². The highest BCUT2D eigenvalue weighted by Gasteiger charge is 2.22. The summed E-state index contributed by atoms with van der Waals surface area (Å²) in [5.41, 5.74) is 5.63. The Labute approximate surface area is 181 Å². The Morgan fingerprint density at radius 1 is 1.14 bits per heavy atom. The third kappa shape index (κ3) is 3.43. The summed E-state index contributed by atoms with van der Waals surface area (Å²) < 4.78 is 56.9. The minimum Gasteiger partial charge on any atom is -0.437 e. The van der Waals surface area contributed by atoms with E-state index in [2.05, 4.69) is 13.8 Å². The number of aromatic nitrogens is 2. The fraction of sp³-hybridized carbons (Fsp3) is 0.385. The van der Waals surface area contributed by atoms with Gasteiger partial charge in [0.05, 0.1) is 5.56 Å². The first kappa shape index (κ1) is 13.5. The normalized spacial score (nSPS) is 18.0. The summed E-state index contributed by atoms with van der Waals surface area (Å²) >= 11 is 0. The standard InChI is InChI=1S/C26H31N2O/c1-15(2)12-19-14-28(7)23(13-18(19)6)24-17(5)8-9-20-21-10-11-22(16(3)4)27-26(21)29-25(20)24/h8-11,13-16H,12H2,1-7H3/q+1/i1D3,12D2,15D. The van der Waals surface area contributed by atoms with Crippen molar-refractivity contribution >= 4 is 22.1 Å².